The van der Waals surface area contributed by atoms with Crippen molar-refractivity contribution in [3.05, 3.63) is 64.2 Å². The summed E-state index contributed by atoms with van der Waals surface area (Å²) in [4.78, 5) is 44.6. The molecule has 0 bridgehead atoms. The first kappa shape index (κ1) is 26.7. The molecule has 0 radical (unpaired) electrons. The highest BCUT2D eigenvalue weighted by molar-refractivity contribution is 5.95. The molecule has 1 atom stereocenters. The standard InChI is InChI=1S/C29H34N4O6/c1-18-5-6-19(26(34)31-20-7-8-20)13-25(18)33-17-30-24-10-9-21(14-23(24)27(33)35)38-16-22-15-32(11-12-37-22)28(36)39-29(2,3)4/h5-6,9-10,13-14,17,20,22H,7-8,11-12,15-16H2,1-4H3,(H,31,34). The van der Waals surface area contributed by atoms with Crippen LogP contribution >= 0.6 is 0 Å². The number of benzene rings is 2. The van der Waals surface area contributed by atoms with Gasteiger partial charge in [-0.2, -0.15) is 0 Å². The average Bonchev–Trinajstić information content (AvgIpc) is 3.71. The summed E-state index contributed by atoms with van der Waals surface area (Å²) in [5, 5.41) is 3.37. The summed E-state index contributed by atoms with van der Waals surface area (Å²) in [5.41, 5.74) is 1.64. The molecule has 0 spiro atoms. The van der Waals surface area contributed by atoms with Gasteiger partial charge in [-0.3, -0.25) is 14.2 Å². The maximum atomic E-state index is 13.5. The fourth-order valence-electron chi connectivity index (χ4n) is 4.37. The van der Waals surface area contributed by atoms with E-state index in [1.165, 1.54) is 10.9 Å². The third-order valence-electron chi connectivity index (χ3n) is 6.60. The van der Waals surface area contributed by atoms with Gasteiger partial charge in [0, 0.05) is 18.2 Å². The minimum Gasteiger partial charge on any atom is -0.491 e. The predicted octanol–water partition coefficient (Wildman–Crippen LogP) is 3.60. The predicted molar refractivity (Wildman–Crippen MR) is 146 cm³/mol. The van der Waals surface area contributed by atoms with Crippen molar-refractivity contribution < 1.29 is 23.8 Å². The van der Waals surface area contributed by atoms with E-state index in [1.807, 2.05) is 33.8 Å². The monoisotopic (exact) mass is 534 g/mol. The summed E-state index contributed by atoms with van der Waals surface area (Å²) in [6, 6.07) is 10.7. The Morgan fingerprint density at radius 1 is 1.15 bits per heavy atom. The van der Waals surface area contributed by atoms with Crippen LogP contribution < -0.4 is 15.6 Å². The molecular weight excluding hydrogens is 500 g/mol. The van der Waals surface area contributed by atoms with Gasteiger partial charge in [0.05, 0.1) is 29.7 Å². The van der Waals surface area contributed by atoms with E-state index >= 15 is 0 Å². The van der Waals surface area contributed by atoms with Gasteiger partial charge in [0.15, 0.2) is 0 Å². The Kier molecular flexibility index (Phi) is 7.31. The number of ether oxygens (including phenoxy) is 3. The molecule has 5 rings (SSSR count). The Bertz CT molecular complexity index is 1460. The normalized spacial score (nSPS) is 17.6. The molecule has 1 aliphatic heterocycles. The first-order valence-electron chi connectivity index (χ1n) is 13.2. The molecule has 1 N–H and O–H groups in total. The molecule has 1 aromatic heterocycles. The van der Waals surface area contributed by atoms with Crippen LogP contribution in [-0.2, 0) is 9.47 Å². The lowest BCUT2D eigenvalue weighted by atomic mass is 10.1. The van der Waals surface area contributed by atoms with Gasteiger partial charge in [0.1, 0.15) is 30.4 Å². The lowest BCUT2D eigenvalue weighted by molar-refractivity contribution is -0.0557. The molecule has 2 amide bonds. The van der Waals surface area contributed by atoms with Crippen molar-refractivity contribution in [3.63, 3.8) is 0 Å². The van der Waals surface area contributed by atoms with Crippen LogP contribution in [0.25, 0.3) is 16.6 Å². The largest absolute Gasteiger partial charge is 0.491 e. The van der Waals surface area contributed by atoms with E-state index < -0.39 is 5.60 Å². The summed E-state index contributed by atoms with van der Waals surface area (Å²) < 4.78 is 18.7. The van der Waals surface area contributed by atoms with E-state index in [2.05, 4.69) is 10.3 Å². The second-order valence-corrected chi connectivity index (χ2v) is 11.1. The number of aryl methyl sites for hydroxylation is 1. The number of nitrogens with zero attached hydrogens (tertiary/aromatic N) is 3. The zero-order chi connectivity index (χ0) is 27.7. The van der Waals surface area contributed by atoms with E-state index in [9.17, 15) is 14.4 Å². The number of hydrogen-bond donors (Lipinski definition) is 1. The van der Waals surface area contributed by atoms with Crippen LogP contribution in [0, 0.1) is 6.92 Å². The smallest absolute Gasteiger partial charge is 0.410 e. The number of amides is 2. The molecule has 39 heavy (non-hydrogen) atoms. The van der Waals surface area contributed by atoms with Crippen LogP contribution in [0.2, 0.25) is 0 Å². The van der Waals surface area contributed by atoms with Crippen molar-refractivity contribution in [1.82, 2.24) is 19.8 Å². The van der Waals surface area contributed by atoms with Crippen molar-refractivity contribution in [2.75, 3.05) is 26.3 Å². The van der Waals surface area contributed by atoms with Gasteiger partial charge in [-0.05, 0) is 76.4 Å². The number of nitrogens with one attached hydrogen (secondary N) is 1. The average molecular weight is 535 g/mol. The molecule has 10 heteroatoms. The Morgan fingerprint density at radius 3 is 2.69 bits per heavy atom. The molecule has 1 aliphatic carbocycles. The molecule has 10 nitrogen and oxygen atoms in total. The van der Waals surface area contributed by atoms with Gasteiger partial charge in [-0.1, -0.05) is 6.07 Å². The van der Waals surface area contributed by atoms with E-state index in [-0.39, 0.29) is 36.3 Å². The van der Waals surface area contributed by atoms with E-state index in [4.69, 9.17) is 14.2 Å². The minimum atomic E-state index is -0.573. The van der Waals surface area contributed by atoms with Crippen LogP contribution in [0.5, 0.6) is 5.75 Å². The van der Waals surface area contributed by atoms with Crippen LogP contribution in [-0.4, -0.2) is 70.5 Å². The van der Waals surface area contributed by atoms with Gasteiger partial charge in [0.2, 0.25) is 0 Å². The van der Waals surface area contributed by atoms with Gasteiger partial charge in [-0.15, -0.1) is 0 Å². The minimum absolute atomic E-state index is 0.147. The Balaban J connectivity index is 1.32. The Morgan fingerprint density at radius 2 is 1.95 bits per heavy atom. The molecular formula is C29H34N4O6. The van der Waals surface area contributed by atoms with Crippen LogP contribution in [0.1, 0.15) is 49.5 Å². The first-order valence-corrected chi connectivity index (χ1v) is 13.2. The number of carbonyl (C=O) groups is 2. The highest BCUT2D eigenvalue weighted by Crippen LogP contribution is 2.22. The zero-order valence-electron chi connectivity index (χ0n) is 22.7. The second-order valence-electron chi connectivity index (χ2n) is 11.1. The molecule has 2 heterocycles. The van der Waals surface area contributed by atoms with Crippen LogP contribution in [0.4, 0.5) is 4.79 Å². The van der Waals surface area contributed by atoms with Gasteiger partial charge >= 0.3 is 6.09 Å². The van der Waals surface area contributed by atoms with Crippen molar-refractivity contribution in [2.24, 2.45) is 0 Å². The number of fused-ring (bicyclic) bond motifs is 1. The lowest BCUT2D eigenvalue weighted by Gasteiger charge is -2.34. The van der Waals surface area contributed by atoms with Gasteiger partial charge in [-0.25, -0.2) is 9.78 Å². The highest BCUT2D eigenvalue weighted by atomic mass is 16.6. The molecule has 206 valence electrons. The van der Waals surface area contributed by atoms with E-state index in [0.29, 0.717) is 47.6 Å². The van der Waals surface area contributed by atoms with E-state index in [0.717, 1.165) is 18.4 Å². The van der Waals surface area contributed by atoms with Gasteiger partial charge in [0.25, 0.3) is 11.5 Å². The molecule has 1 saturated carbocycles. The summed E-state index contributed by atoms with van der Waals surface area (Å²) in [7, 11) is 0. The third kappa shape index (κ3) is 6.39. The van der Waals surface area contributed by atoms with Crippen molar-refractivity contribution >= 4 is 22.9 Å². The number of aromatic nitrogens is 2. The van der Waals surface area contributed by atoms with Crippen LogP contribution in [0.15, 0.2) is 47.5 Å². The SMILES string of the molecule is Cc1ccc(C(=O)NC2CC2)cc1-n1cnc2ccc(OCC3CN(C(=O)OC(C)(C)C)CCO3)cc2c1=O. The molecule has 1 unspecified atom stereocenters. The van der Waals surface area contributed by atoms with E-state index in [1.54, 1.807) is 35.2 Å². The second kappa shape index (κ2) is 10.7. The summed E-state index contributed by atoms with van der Waals surface area (Å²) in [5.74, 6) is 0.345. The van der Waals surface area contributed by atoms with Gasteiger partial charge < -0.3 is 24.4 Å². The fraction of sp³-hybridized carbons (Fsp3) is 0.448. The zero-order valence-corrected chi connectivity index (χ0v) is 22.7. The summed E-state index contributed by atoms with van der Waals surface area (Å²) in [6.07, 6.45) is 2.77. The number of carbonyl (C=O) groups excluding carboxylic acids is 2. The maximum absolute atomic E-state index is 13.5. The fourth-order valence-corrected chi connectivity index (χ4v) is 4.37. The molecule has 2 fully saturated rings. The molecule has 2 aromatic carbocycles. The third-order valence-corrected chi connectivity index (χ3v) is 6.60. The molecule has 1 saturated heterocycles. The van der Waals surface area contributed by atoms with Crippen LogP contribution in [0.3, 0.4) is 0 Å². The summed E-state index contributed by atoms with van der Waals surface area (Å²) in [6.45, 7) is 8.78. The number of hydrogen-bond acceptors (Lipinski definition) is 7. The lowest BCUT2D eigenvalue weighted by Crippen LogP contribution is -2.49. The number of morpholine rings is 1. The Hall–Kier alpha value is -3.92. The molecule has 2 aliphatic rings. The van der Waals surface area contributed by atoms with Crippen molar-refractivity contribution in [3.8, 4) is 11.4 Å². The quantitative estimate of drug-likeness (QED) is 0.514. The first-order chi connectivity index (χ1) is 18.6. The van der Waals surface area contributed by atoms with Crippen molar-refractivity contribution in [2.45, 2.75) is 58.3 Å². The van der Waals surface area contributed by atoms with Crippen molar-refractivity contribution in [1.29, 1.82) is 0 Å². The maximum Gasteiger partial charge on any atom is 0.410 e. The highest BCUT2D eigenvalue weighted by Gasteiger charge is 2.28. The number of rotatable bonds is 6. The summed E-state index contributed by atoms with van der Waals surface area (Å²) >= 11 is 0. The molecule has 3 aromatic rings. The Labute approximate surface area is 226 Å². The topological polar surface area (TPSA) is 112 Å².